The van der Waals surface area contributed by atoms with Gasteiger partial charge in [0.05, 0.1) is 0 Å². The van der Waals surface area contributed by atoms with E-state index in [0.29, 0.717) is 0 Å². The van der Waals surface area contributed by atoms with E-state index >= 15 is 0 Å². The van der Waals surface area contributed by atoms with Crippen molar-refractivity contribution in [3.8, 4) is 11.1 Å². The summed E-state index contributed by atoms with van der Waals surface area (Å²) in [5.74, 6) is 0. The Hall–Kier alpha value is -1.35. The van der Waals surface area contributed by atoms with E-state index in [-0.39, 0.29) is 5.56 Å². The molecule has 0 N–H and O–H groups in total. The maximum Gasteiger partial charge on any atom is 0.250 e. The first kappa shape index (κ1) is 8.26. The fraction of sp³-hybridized carbons (Fsp3) is 0.100. The smallest absolute Gasteiger partial charge is 0.250 e. The Morgan fingerprint density at radius 3 is 2.69 bits per heavy atom. The van der Waals surface area contributed by atoms with Crippen molar-refractivity contribution in [2.75, 3.05) is 0 Å². The topological polar surface area (TPSA) is 22.0 Å². The highest BCUT2D eigenvalue weighted by atomic mass is 32.1. The van der Waals surface area contributed by atoms with Crippen molar-refractivity contribution < 1.29 is 0 Å². The Labute approximate surface area is 80.1 Å². The van der Waals surface area contributed by atoms with Crippen molar-refractivity contribution in [3.63, 3.8) is 0 Å². The fourth-order valence-corrected chi connectivity index (χ4v) is 1.86. The van der Waals surface area contributed by atoms with Gasteiger partial charge < -0.3 is 4.57 Å². The lowest BCUT2D eigenvalue weighted by Crippen LogP contribution is -2.13. The first-order valence-corrected chi connectivity index (χ1v) is 4.91. The summed E-state index contributed by atoms with van der Waals surface area (Å²) in [6.45, 7) is 0. The van der Waals surface area contributed by atoms with Gasteiger partial charge in [-0.1, -0.05) is 0 Å². The first-order chi connectivity index (χ1) is 6.27. The predicted molar refractivity (Wildman–Crippen MR) is 55.0 cm³/mol. The summed E-state index contributed by atoms with van der Waals surface area (Å²) in [7, 11) is 1.76. The van der Waals surface area contributed by atoms with Crippen LogP contribution in [0, 0.1) is 0 Å². The molecule has 0 aliphatic heterocycles. The lowest BCUT2D eigenvalue weighted by molar-refractivity contribution is 0.862. The number of nitrogens with zero attached hydrogens (tertiary/aromatic N) is 1. The summed E-state index contributed by atoms with van der Waals surface area (Å²) in [4.78, 5) is 11.1. The number of hydrogen-bond donors (Lipinski definition) is 0. The van der Waals surface area contributed by atoms with Gasteiger partial charge in [-0.05, 0) is 34.0 Å². The first-order valence-electron chi connectivity index (χ1n) is 3.96. The van der Waals surface area contributed by atoms with Crippen LogP contribution < -0.4 is 5.56 Å². The molecular weight excluding hydrogens is 182 g/mol. The minimum atomic E-state index is 0.0268. The largest absolute Gasteiger partial charge is 0.318 e. The van der Waals surface area contributed by atoms with E-state index < -0.39 is 0 Å². The van der Waals surface area contributed by atoms with Crippen molar-refractivity contribution in [2.24, 2.45) is 7.05 Å². The minimum absolute atomic E-state index is 0.0268. The standard InChI is InChI=1S/C10H9NOS/c1-11-6-8(2-3-10(11)12)9-4-5-13-7-9/h2-7H,1H3. The Morgan fingerprint density at radius 2 is 2.08 bits per heavy atom. The number of aryl methyl sites for hydroxylation is 1. The van der Waals surface area contributed by atoms with Gasteiger partial charge in [-0.15, -0.1) is 0 Å². The van der Waals surface area contributed by atoms with Gasteiger partial charge in [0.25, 0.3) is 0 Å². The van der Waals surface area contributed by atoms with Crippen LogP contribution in [0.4, 0.5) is 0 Å². The lowest BCUT2D eigenvalue weighted by atomic mass is 10.1. The van der Waals surface area contributed by atoms with Crippen LogP contribution >= 0.6 is 11.3 Å². The van der Waals surface area contributed by atoms with Gasteiger partial charge in [0, 0.05) is 19.3 Å². The molecule has 0 aliphatic rings. The van der Waals surface area contributed by atoms with Crippen LogP contribution in [0.15, 0.2) is 40.0 Å². The van der Waals surface area contributed by atoms with E-state index in [4.69, 9.17) is 0 Å². The molecule has 0 amide bonds. The molecule has 0 saturated heterocycles. The molecule has 3 heteroatoms. The number of hydrogen-bond acceptors (Lipinski definition) is 2. The van der Waals surface area contributed by atoms with E-state index in [1.165, 1.54) is 5.56 Å². The van der Waals surface area contributed by atoms with Crippen molar-refractivity contribution in [1.29, 1.82) is 0 Å². The summed E-state index contributed by atoms with van der Waals surface area (Å²) in [6.07, 6.45) is 1.85. The van der Waals surface area contributed by atoms with Crippen molar-refractivity contribution in [3.05, 3.63) is 45.5 Å². The molecule has 2 aromatic heterocycles. The van der Waals surface area contributed by atoms with Crippen LogP contribution in [0.5, 0.6) is 0 Å². The van der Waals surface area contributed by atoms with Crippen molar-refractivity contribution in [1.82, 2.24) is 4.57 Å². The Kier molecular flexibility index (Phi) is 2.02. The number of pyridine rings is 1. The van der Waals surface area contributed by atoms with E-state index in [9.17, 15) is 4.79 Å². The highest BCUT2D eigenvalue weighted by Crippen LogP contribution is 2.20. The monoisotopic (exact) mass is 191 g/mol. The number of rotatable bonds is 1. The SMILES string of the molecule is Cn1cc(-c2ccsc2)ccc1=O. The van der Waals surface area contributed by atoms with Gasteiger partial charge in [0.15, 0.2) is 0 Å². The molecule has 2 rings (SSSR count). The second-order valence-corrected chi connectivity index (χ2v) is 3.66. The zero-order chi connectivity index (χ0) is 9.26. The third-order valence-corrected chi connectivity index (χ3v) is 2.62. The van der Waals surface area contributed by atoms with E-state index in [1.54, 1.807) is 29.0 Å². The Morgan fingerprint density at radius 1 is 1.23 bits per heavy atom. The molecule has 2 heterocycles. The summed E-state index contributed by atoms with van der Waals surface area (Å²) in [5, 5.41) is 4.10. The molecule has 66 valence electrons. The number of aromatic nitrogens is 1. The molecule has 0 bridgehead atoms. The van der Waals surface area contributed by atoms with Gasteiger partial charge >= 0.3 is 0 Å². The zero-order valence-electron chi connectivity index (χ0n) is 7.23. The van der Waals surface area contributed by atoms with Crippen molar-refractivity contribution in [2.45, 2.75) is 0 Å². The van der Waals surface area contributed by atoms with E-state index in [0.717, 1.165) is 5.56 Å². The molecule has 2 aromatic rings. The zero-order valence-corrected chi connectivity index (χ0v) is 8.04. The van der Waals surface area contributed by atoms with Gasteiger partial charge in [-0.3, -0.25) is 4.79 Å². The molecular formula is C10H9NOS. The van der Waals surface area contributed by atoms with Gasteiger partial charge in [-0.2, -0.15) is 11.3 Å². The minimum Gasteiger partial charge on any atom is -0.318 e. The van der Waals surface area contributed by atoms with Crippen LogP contribution in [0.3, 0.4) is 0 Å². The molecule has 0 aromatic carbocycles. The molecule has 0 atom stereocenters. The molecule has 2 nitrogen and oxygen atoms in total. The molecule has 0 spiro atoms. The highest BCUT2D eigenvalue weighted by Gasteiger charge is 1.98. The third-order valence-electron chi connectivity index (χ3n) is 1.94. The second-order valence-electron chi connectivity index (χ2n) is 2.88. The average Bonchev–Trinajstić information content (AvgIpc) is 2.62. The molecule has 0 unspecified atom stereocenters. The molecule has 0 saturated carbocycles. The number of thiophene rings is 1. The van der Waals surface area contributed by atoms with Crippen LogP contribution in [-0.4, -0.2) is 4.57 Å². The van der Waals surface area contributed by atoms with Crippen LogP contribution in [0.25, 0.3) is 11.1 Å². The second kappa shape index (κ2) is 3.18. The van der Waals surface area contributed by atoms with Gasteiger partial charge in [-0.25, -0.2) is 0 Å². The van der Waals surface area contributed by atoms with Crippen LogP contribution in [0.1, 0.15) is 0 Å². The predicted octanol–water partition coefficient (Wildman–Crippen LogP) is 2.11. The Balaban J connectivity index is 2.55. The normalized spacial score (nSPS) is 10.2. The lowest BCUT2D eigenvalue weighted by Gasteiger charge is -2.00. The van der Waals surface area contributed by atoms with Gasteiger partial charge in [0.2, 0.25) is 5.56 Å². The molecule has 13 heavy (non-hydrogen) atoms. The van der Waals surface area contributed by atoms with E-state index in [2.05, 4.69) is 5.38 Å². The highest BCUT2D eigenvalue weighted by molar-refractivity contribution is 7.08. The molecule has 0 radical (unpaired) electrons. The summed E-state index contributed by atoms with van der Waals surface area (Å²) in [6, 6.07) is 5.49. The molecule has 0 aliphatic carbocycles. The van der Waals surface area contributed by atoms with Gasteiger partial charge in [0.1, 0.15) is 0 Å². The summed E-state index contributed by atoms with van der Waals surface area (Å²) in [5.41, 5.74) is 2.28. The van der Waals surface area contributed by atoms with Crippen molar-refractivity contribution >= 4 is 11.3 Å². The van der Waals surface area contributed by atoms with Crippen LogP contribution in [-0.2, 0) is 7.05 Å². The summed E-state index contributed by atoms with van der Waals surface area (Å²) < 4.78 is 1.59. The Bertz CT molecular complexity index is 456. The quantitative estimate of drug-likeness (QED) is 0.676. The molecule has 0 fully saturated rings. The van der Waals surface area contributed by atoms with E-state index in [1.807, 2.05) is 23.7 Å². The summed E-state index contributed by atoms with van der Waals surface area (Å²) >= 11 is 1.66. The third kappa shape index (κ3) is 1.55. The maximum absolute atomic E-state index is 11.1. The maximum atomic E-state index is 11.1. The fourth-order valence-electron chi connectivity index (χ4n) is 1.19. The van der Waals surface area contributed by atoms with Crippen LogP contribution in [0.2, 0.25) is 0 Å². The average molecular weight is 191 g/mol.